The van der Waals surface area contributed by atoms with E-state index in [-0.39, 0.29) is 5.69 Å². The first kappa shape index (κ1) is 13.3. The Balaban J connectivity index is 2.15. The van der Waals surface area contributed by atoms with E-state index in [1.807, 2.05) is 36.4 Å². The third-order valence-corrected chi connectivity index (χ3v) is 5.15. The van der Waals surface area contributed by atoms with E-state index in [4.69, 9.17) is 11.6 Å². The summed E-state index contributed by atoms with van der Waals surface area (Å²) in [5.41, 5.74) is 0.942. The van der Waals surface area contributed by atoms with Crippen molar-refractivity contribution in [1.29, 1.82) is 0 Å². The number of carboxylic acid groups (broad SMARTS) is 1. The van der Waals surface area contributed by atoms with Crippen LogP contribution in [-0.2, 0) is 0 Å². The summed E-state index contributed by atoms with van der Waals surface area (Å²) < 4.78 is 0.660. The highest BCUT2D eigenvalue weighted by molar-refractivity contribution is 7.25. The van der Waals surface area contributed by atoms with Crippen LogP contribution < -0.4 is 0 Å². The van der Waals surface area contributed by atoms with Gasteiger partial charge in [0.05, 0.1) is 14.1 Å². The molecule has 0 aliphatic rings. The van der Waals surface area contributed by atoms with Gasteiger partial charge in [0.15, 0.2) is 5.69 Å². The van der Waals surface area contributed by atoms with Crippen LogP contribution in [0, 0.1) is 0 Å². The van der Waals surface area contributed by atoms with Crippen molar-refractivity contribution in [3.63, 3.8) is 0 Å². The van der Waals surface area contributed by atoms with Gasteiger partial charge in [-0.25, -0.2) is 9.78 Å². The summed E-state index contributed by atoms with van der Waals surface area (Å²) in [4.78, 5) is 17.2. The molecule has 1 aromatic carbocycles. The Hall–Kier alpha value is -1.69. The monoisotopic (exact) mass is 321 g/mol. The zero-order chi connectivity index (χ0) is 14.1. The van der Waals surface area contributed by atoms with Crippen LogP contribution in [0.5, 0.6) is 0 Å². The number of aromatic nitrogens is 1. The molecule has 0 radical (unpaired) electrons. The van der Waals surface area contributed by atoms with Crippen molar-refractivity contribution in [2.24, 2.45) is 0 Å². The lowest BCUT2D eigenvalue weighted by atomic mass is 10.1. The summed E-state index contributed by atoms with van der Waals surface area (Å²) in [6.07, 6.45) is 0. The van der Waals surface area contributed by atoms with E-state index in [9.17, 15) is 9.90 Å². The minimum atomic E-state index is -1.02. The van der Waals surface area contributed by atoms with Crippen LogP contribution in [0.15, 0.2) is 42.5 Å². The zero-order valence-corrected chi connectivity index (χ0v) is 12.4. The van der Waals surface area contributed by atoms with E-state index in [1.165, 1.54) is 22.7 Å². The summed E-state index contributed by atoms with van der Waals surface area (Å²) in [5, 5.41) is 9.99. The maximum atomic E-state index is 11.4. The third-order valence-electron chi connectivity index (χ3n) is 2.65. The molecular weight excluding hydrogens is 314 g/mol. The van der Waals surface area contributed by atoms with Gasteiger partial charge in [-0.2, -0.15) is 0 Å². The fraction of sp³-hybridized carbons (Fsp3) is 0. The predicted octanol–water partition coefficient (Wildman–Crippen LogP) is 4.89. The number of thiazole rings is 1. The van der Waals surface area contributed by atoms with Gasteiger partial charge < -0.3 is 5.11 Å². The van der Waals surface area contributed by atoms with Crippen LogP contribution in [0.3, 0.4) is 0 Å². The standard InChI is InChI=1S/C14H8ClNO2S2/c15-10-7-6-9(19-10)13-16-11(14(17)18)12(20-13)8-4-2-1-3-5-8/h1-7H,(H,17,18). The van der Waals surface area contributed by atoms with Gasteiger partial charge in [-0.05, 0) is 17.7 Å². The second-order valence-corrected chi connectivity index (χ2v) is 6.69. The number of hydrogen-bond donors (Lipinski definition) is 1. The van der Waals surface area contributed by atoms with Crippen LogP contribution in [0.1, 0.15) is 10.5 Å². The average molecular weight is 322 g/mol. The number of thiophene rings is 1. The number of benzene rings is 1. The molecule has 2 heterocycles. The fourth-order valence-electron chi connectivity index (χ4n) is 1.78. The number of carbonyl (C=O) groups is 1. The highest BCUT2D eigenvalue weighted by Gasteiger charge is 2.20. The molecule has 0 saturated carbocycles. The number of aromatic carboxylic acids is 1. The van der Waals surface area contributed by atoms with Gasteiger partial charge in [-0.15, -0.1) is 22.7 Å². The van der Waals surface area contributed by atoms with Gasteiger partial charge >= 0.3 is 5.97 Å². The Labute approximate surface area is 128 Å². The lowest BCUT2D eigenvalue weighted by molar-refractivity contribution is 0.0692. The van der Waals surface area contributed by atoms with E-state index in [2.05, 4.69) is 4.98 Å². The third kappa shape index (κ3) is 2.47. The van der Waals surface area contributed by atoms with E-state index < -0.39 is 5.97 Å². The molecule has 0 aliphatic carbocycles. The molecule has 6 heteroatoms. The Morgan fingerprint density at radius 1 is 1.10 bits per heavy atom. The van der Waals surface area contributed by atoms with Gasteiger partial charge in [0.25, 0.3) is 0 Å². The Morgan fingerprint density at radius 3 is 2.45 bits per heavy atom. The molecule has 0 spiro atoms. The molecule has 0 aliphatic heterocycles. The lowest BCUT2D eigenvalue weighted by Crippen LogP contribution is -1.98. The maximum absolute atomic E-state index is 11.4. The summed E-state index contributed by atoms with van der Waals surface area (Å²) >= 11 is 8.67. The Kier molecular flexibility index (Phi) is 3.56. The molecule has 0 saturated heterocycles. The van der Waals surface area contributed by atoms with Crippen molar-refractivity contribution in [3.8, 4) is 20.3 Å². The van der Waals surface area contributed by atoms with E-state index >= 15 is 0 Å². The van der Waals surface area contributed by atoms with Crippen molar-refractivity contribution in [2.75, 3.05) is 0 Å². The average Bonchev–Trinajstić information content (AvgIpc) is 3.05. The van der Waals surface area contributed by atoms with Crippen molar-refractivity contribution in [1.82, 2.24) is 4.98 Å². The SMILES string of the molecule is O=C(O)c1nc(-c2ccc(Cl)s2)sc1-c1ccccc1. The first-order valence-corrected chi connectivity index (χ1v) is 7.71. The number of nitrogens with zero attached hydrogens (tertiary/aromatic N) is 1. The van der Waals surface area contributed by atoms with Crippen LogP contribution >= 0.6 is 34.3 Å². The molecule has 3 nitrogen and oxygen atoms in total. The minimum absolute atomic E-state index is 0.0840. The van der Waals surface area contributed by atoms with Gasteiger partial charge in [0.2, 0.25) is 0 Å². The molecule has 20 heavy (non-hydrogen) atoms. The molecule has 1 N–H and O–H groups in total. The molecular formula is C14H8ClNO2S2. The summed E-state index contributed by atoms with van der Waals surface area (Å²) in [6, 6.07) is 13.0. The zero-order valence-electron chi connectivity index (χ0n) is 10.0. The summed E-state index contributed by atoms with van der Waals surface area (Å²) in [7, 11) is 0. The van der Waals surface area contributed by atoms with Crippen molar-refractivity contribution in [2.45, 2.75) is 0 Å². The predicted molar refractivity (Wildman–Crippen MR) is 82.8 cm³/mol. The van der Waals surface area contributed by atoms with Gasteiger partial charge in [0.1, 0.15) is 5.01 Å². The van der Waals surface area contributed by atoms with Crippen LogP contribution in [-0.4, -0.2) is 16.1 Å². The normalized spacial score (nSPS) is 10.7. The van der Waals surface area contributed by atoms with E-state index in [1.54, 1.807) is 6.07 Å². The Morgan fingerprint density at radius 2 is 1.85 bits per heavy atom. The first-order valence-electron chi connectivity index (χ1n) is 5.70. The molecule has 100 valence electrons. The van der Waals surface area contributed by atoms with Gasteiger partial charge in [-0.1, -0.05) is 41.9 Å². The smallest absolute Gasteiger partial charge is 0.356 e. The largest absolute Gasteiger partial charge is 0.476 e. The molecule has 2 aromatic heterocycles. The lowest BCUT2D eigenvalue weighted by Gasteiger charge is -1.97. The number of hydrogen-bond acceptors (Lipinski definition) is 4. The van der Waals surface area contributed by atoms with E-state index in [0.717, 1.165) is 10.4 Å². The number of halogens is 1. The topological polar surface area (TPSA) is 50.2 Å². The van der Waals surface area contributed by atoms with Crippen molar-refractivity contribution < 1.29 is 9.90 Å². The molecule has 0 unspecified atom stereocenters. The molecule has 0 amide bonds. The second kappa shape index (κ2) is 5.36. The van der Waals surface area contributed by atoms with Crippen LogP contribution in [0.4, 0.5) is 0 Å². The highest BCUT2D eigenvalue weighted by atomic mass is 35.5. The summed E-state index contributed by atoms with van der Waals surface area (Å²) in [5.74, 6) is -1.02. The minimum Gasteiger partial charge on any atom is -0.476 e. The van der Waals surface area contributed by atoms with Gasteiger partial charge in [0, 0.05) is 0 Å². The van der Waals surface area contributed by atoms with Gasteiger partial charge in [-0.3, -0.25) is 0 Å². The second-order valence-electron chi connectivity index (χ2n) is 3.97. The molecule has 3 rings (SSSR count). The van der Waals surface area contributed by atoms with Crippen LogP contribution in [0.2, 0.25) is 4.34 Å². The molecule has 0 bridgehead atoms. The van der Waals surface area contributed by atoms with Crippen molar-refractivity contribution >= 4 is 40.2 Å². The fourth-order valence-corrected chi connectivity index (χ4v) is 3.94. The highest BCUT2D eigenvalue weighted by Crippen LogP contribution is 2.39. The number of rotatable bonds is 3. The number of carboxylic acids is 1. The Bertz CT molecular complexity index is 765. The molecule has 3 aromatic rings. The maximum Gasteiger partial charge on any atom is 0.356 e. The molecule has 0 atom stereocenters. The van der Waals surface area contributed by atoms with E-state index in [0.29, 0.717) is 14.2 Å². The first-order chi connectivity index (χ1) is 9.65. The van der Waals surface area contributed by atoms with Crippen LogP contribution in [0.25, 0.3) is 20.3 Å². The summed E-state index contributed by atoms with van der Waals surface area (Å²) in [6.45, 7) is 0. The van der Waals surface area contributed by atoms with Crippen molar-refractivity contribution in [3.05, 3.63) is 52.5 Å². The quantitative estimate of drug-likeness (QED) is 0.747. The molecule has 0 fully saturated rings.